The van der Waals surface area contributed by atoms with Crippen molar-refractivity contribution in [3.05, 3.63) is 35.4 Å². The summed E-state index contributed by atoms with van der Waals surface area (Å²) in [5.41, 5.74) is 3.62. The van der Waals surface area contributed by atoms with Gasteiger partial charge in [0.05, 0.1) is 12.9 Å². The van der Waals surface area contributed by atoms with Crippen LogP contribution in [0.15, 0.2) is 24.5 Å². The van der Waals surface area contributed by atoms with Crippen molar-refractivity contribution in [2.45, 2.75) is 52.6 Å². The summed E-state index contributed by atoms with van der Waals surface area (Å²) in [4.78, 5) is 27.2. The minimum atomic E-state index is -0.460. The summed E-state index contributed by atoms with van der Waals surface area (Å²) >= 11 is 6.15. The van der Waals surface area contributed by atoms with Crippen LogP contribution < -0.4 is 4.74 Å². The number of hydrogen-bond acceptors (Lipinski definition) is 6. The van der Waals surface area contributed by atoms with E-state index in [2.05, 4.69) is 15.0 Å². The van der Waals surface area contributed by atoms with Crippen molar-refractivity contribution < 1.29 is 14.3 Å². The van der Waals surface area contributed by atoms with Crippen LogP contribution in [0.5, 0.6) is 5.75 Å². The highest BCUT2D eigenvalue weighted by Crippen LogP contribution is 2.30. The van der Waals surface area contributed by atoms with E-state index in [4.69, 9.17) is 21.1 Å². The zero-order chi connectivity index (χ0) is 24.5. The highest BCUT2D eigenvalue weighted by atomic mass is 35.5. The predicted octanol–water partition coefficient (Wildman–Crippen LogP) is 5.41. The van der Waals surface area contributed by atoms with Crippen molar-refractivity contribution in [3.63, 3.8) is 0 Å². The molecule has 1 saturated heterocycles. The van der Waals surface area contributed by atoms with Crippen molar-refractivity contribution in [3.8, 4) is 17.0 Å². The highest BCUT2D eigenvalue weighted by Gasteiger charge is 2.26. The molecular formula is C25H32ClN5O3. The summed E-state index contributed by atoms with van der Waals surface area (Å²) in [7, 11) is 1.88. The summed E-state index contributed by atoms with van der Waals surface area (Å²) in [6.45, 7) is 9.81. The third-order valence-corrected chi connectivity index (χ3v) is 6.20. The SMILES string of the molecule is Cc1cc(-c2nc(Cl)nc3c2ncn3C)ccc1OCCC1CCN(C(=O)OC(C)(C)C)CC1. The summed E-state index contributed by atoms with van der Waals surface area (Å²) in [6, 6.07) is 6.00. The molecule has 0 N–H and O–H groups in total. The molecule has 34 heavy (non-hydrogen) atoms. The number of likely N-dealkylation sites (tertiary alicyclic amines) is 1. The predicted molar refractivity (Wildman–Crippen MR) is 132 cm³/mol. The zero-order valence-electron chi connectivity index (χ0n) is 20.5. The molecule has 3 aromatic rings. The number of ether oxygens (including phenoxy) is 2. The molecule has 1 aliphatic heterocycles. The van der Waals surface area contributed by atoms with Crippen LogP contribution in [-0.4, -0.2) is 55.8 Å². The summed E-state index contributed by atoms with van der Waals surface area (Å²) in [5, 5.41) is 0.196. The van der Waals surface area contributed by atoms with Crippen LogP contribution in [0.25, 0.3) is 22.4 Å². The van der Waals surface area contributed by atoms with Gasteiger partial charge in [-0.3, -0.25) is 0 Å². The van der Waals surface area contributed by atoms with E-state index in [0.717, 1.165) is 54.7 Å². The van der Waals surface area contributed by atoms with Gasteiger partial charge in [0.2, 0.25) is 5.28 Å². The van der Waals surface area contributed by atoms with E-state index in [1.165, 1.54) is 0 Å². The first-order valence-corrected chi connectivity index (χ1v) is 12.0. The first-order chi connectivity index (χ1) is 16.1. The van der Waals surface area contributed by atoms with Gasteiger partial charge in [-0.05, 0) is 88.2 Å². The third-order valence-electron chi connectivity index (χ3n) is 6.03. The Hall–Kier alpha value is -2.87. The molecule has 9 heteroatoms. The van der Waals surface area contributed by atoms with Crippen molar-refractivity contribution >= 4 is 28.9 Å². The molecule has 0 spiro atoms. The van der Waals surface area contributed by atoms with Gasteiger partial charge < -0.3 is 18.9 Å². The van der Waals surface area contributed by atoms with Gasteiger partial charge in [0.25, 0.3) is 0 Å². The Bertz CT molecular complexity index is 1180. The molecule has 182 valence electrons. The molecule has 0 unspecified atom stereocenters. The van der Waals surface area contributed by atoms with E-state index in [0.29, 0.717) is 23.9 Å². The maximum absolute atomic E-state index is 12.2. The average molecular weight is 486 g/mol. The second-order valence-electron chi connectivity index (χ2n) is 9.90. The molecule has 1 fully saturated rings. The van der Waals surface area contributed by atoms with E-state index >= 15 is 0 Å². The van der Waals surface area contributed by atoms with E-state index in [-0.39, 0.29) is 11.4 Å². The molecule has 2 aromatic heterocycles. The number of benzene rings is 1. The molecule has 0 saturated carbocycles. The number of fused-ring (bicyclic) bond motifs is 1. The van der Waals surface area contributed by atoms with Gasteiger partial charge in [-0.2, -0.15) is 4.98 Å². The van der Waals surface area contributed by atoms with Crippen LogP contribution in [0.2, 0.25) is 5.28 Å². The van der Waals surface area contributed by atoms with E-state index in [1.54, 1.807) is 6.33 Å². The van der Waals surface area contributed by atoms with Crippen molar-refractivity contribution in [1.82, 2.24) is 24.4 Å². The lowest BCUT2D eigenvalue weighted by molar-refractivity contribution is 0.0177. The van der Waals surface area contributed by atoms with Gasteiger partial charge in [0, 0.05) is 25.7 Å². The maximum atomic E-state index is 12.2. The molecule has 0 bridgehead atoms. The lowest BCUT2D eigenvalue weighted by Crippen LogP contribution is -2.41. The van der Waals surface area contributed by atoms with Gasteiger partial charge in [-0.15, -0.1) is 0 Å². The third kappa shape index (κ3) is 5.60. The monoisotopic (exact) mass is 485 g/mol. The molecule has 0 radical (unpaired) electrons. The first-order valence-electron chi connectivity index (χ1n) is 11.7. The number of halogens is 1. The molecule has 1 aliphatic rings. The Kier molecular flexibility index (Phi) is 6.98. The fraction of sp³-hybridized carbons (Fsp3) is 0.520. The summed E-state index contributed by atoms with van der Waals surface area (Å²) in [5.74, 6) is 1.39. The topological polar surface area (TPSA) is 82.4 Å². The average Bonchev–Trinajstić information content (AvgIpc) is 3.14. The minimum Gasteiger partial charge on any atom is -0.493 e. The zero-order valence-corrected chi connectivity index (χ0v) is 21.2. The Morgan fingerprint density at radius 2 is 1.94 bits per heavy atom. The van der Waals surface area contributed by atoms with Crippen LogP contribution >= 0.6 is 11.6 Å². The Morgan fingerprint density at radius 3 is 2.62 bits per heavy atom. The van der Waals surface area contributed by atoms with Crippen molar-refractivity contribution in [2.75, 3.05) is 19.7 Å². The van der Waals surface area contributed by atoms with E-state index < -0.39 is 5.60 Å². The van der Waals surface area contributed by atoms with Gasteiger partial charge in [0.1, 0.15) is 22.6 Å². The minimum absolute atomic E-state index is 0.196. The fourth-order valence-corrected chi connectivity index (χ4v) is 4.37. The lowest BCUT2D eigenvalue weighted by Gasteiger charge is -2.33. The molecule has 0 atom stereocenters. The van der Waals surface area contributed by atoms with Gasteiger partial charge in [0.15, 0.2) is 5.65 Å². The van der Waals surface area contributed by atoms with Crippen LogP contribution in [0, 0.1) is 12.8 Å². The molecular weight excluding hydrogens is 454 g/mol. The van der Waals surface area contributed by atoms with Crippen LogP contribution in [0.1, 0.15) is 45.6 Å². The number of piperidine rings is 1. The molecule has 0 aliphatic carbocycles. The first kappa shape index (κ1) is 24.3. The number of carbonyl (C=O) groups is 1. The number of nitrogens with zero attached hydrogens (tertiary/aromatic N) is 5. The van der Waals surface area contributed by atoms with Gasteiger partial charge >= 0.3 is 6.09 Å². The lowest BCUT2D eigenvalue weighted by atomic mass is 9.94. The second-order valence-corrected chi connectivity index (χ2v) is 10.2. The number of carbonyl (C=O) groups excluding carboxylic acids is 1. The quantitative estimate of drug-likeness (QED) is 0.449. The molecule has 1 aromatic carbocycles. The number of hydrogen-bond donors (Lipinski definition) is 0. The number of aryl methyl sites for hydroxylation is 2. The van der Waals surface area contributed by atoms with Crippen LogP contribution in [0.3, 0.4) is 0 Å². The number of amides is 1. The highest BCUT2D eigenvalue weighted by molar-refractivity contribution is 6.28. The van der Waals surface area contributed by atoms with Crippen LogP contribution in [0.4, 0.5) is 4.79 Å². The molecule has 3 heterocycles. The fourth-order valence-electron chi connectivity index (χ4n) is 4.21. The van der Waals surface area contributed by atoms with Crippen molar-refractivity contribution in [1.29, 1.82) is 0 Å². The normalized spacial score (nSPS) is 15.1. The van der Waals surface area contributed by atoms with E-state index in [1.807, 2.05) is 62.4 Å². The second kappa shape index (κ2) is 9.78. The summed E-state index contributed by atoms with van der Waals surface area (Å²) in [6.07, 6.45) is 4.39. The maximum Gasteiger partial charge on any atom is 0.410 e. The standard InChI is InChI=1S/C25H32ClN5O3/c1-16-14-18(20-21-22(29-23(26)28-20)30(5)15-27-21)6-7-19(16)33-13-10-17-8-11-31(12-9-17)24(32)34-25(2,3)4/h6-7,14-15,17H,8-13H2,1-5H3. The van der Waals surface area contributed by atoms with E-state index in [9.17, 15) is 4.79 Å². The summed E-state index contributed by atoms with van der Waals surface area (Å²) < 4.78 is 13.4. The smallest absolute Gasteiger partial charge is 0.410 e. The molecule has 1 amide bonds. The Balaban J connectivity index is 1.32. The van der Waals surface area contributed by atoms with Gasteiger partial charge in [-0.25, -0.2) is 14.8 Å². The molecule has 8 nitrogen and oxygen atoms in total. The number of rotatable bonds is 5. The number of aromatic nitrogens is 4. The molecule has 4 rings (SSSR count). The van der Waals surface area contributed by atoms with Crippen LogP contribution in [-0.2, 0) is 11.8 Å². The Morgan fingerprint density at radius 1 is 1.21 bits per heavy atom. The Labute approximate surface area is 205 Å². The van der Waals surface area contributed by atoms with Crippen molar-refractivity contribution in [2.24, 2.45) is 13.0 Å². The number of imidazole rings is 1. The largest absolute Gasteiger partial charge is 0.493 e. The van der Waals surface area contributed by atoms with Gasteiger partial charge in [-0.1, -0.05) is 0 Å².